The molecule has 4 fully saturated rings. The minimum absolute atomic E-state index is 0.112. The minimum atomic E-state index is -3.35. The van der Waals surface area contributed by atoms with Crippen LogP contribution in [0.5, 0.6) is 0 Å². The molecule has 2 saturated heterocycles. The van der Waals surface area contributed by atoms with Crippen molar-refractivity contribution in [1.82, 2.24) is 24.4 Å². The fourth-order valence-corrected chi connectivity index (χ4v) is 7.30. The number of sulfone groups is 1. The van der Waals surface area contributed by atoms with E-state index < -0.39 is 14.6 Å². The van der Waals surface area contributed by atoms with Crippen LogP contribution in [0, 0.1) is 0 Å². The van der Waals surface area contributed by atoms with Crippen molar-refractivity contribution in [3.05, 3.63) is 29.7 Å². The number of anilines is 1. The molecule has 0 spiro atoms. The van der Waals surface area contributed by atoms with E-state index in [2.05, 4.69) is 17.9 Å². The van der Waals surface area contributed by atoms with Gasteiger partial charge in [-0.1, -0.05) is 0 Å². The Morgan fingerprint density at radius 3 is 2.62 bits per heavy atom. The molecule has 4 aliphatic rings. The second kappa shape index (κ2) is 8.51. The summed E-state index contributed by atoms with van der Waals surface area (Å²) in [4.78, 5) is 7.34. The predicted molar refractivity (Wildman–Crippen MR) is 138 cm³/mol. The topological polar surface area (TPSA) is 104 Å². The largest absolute Gasteiger partial charge is 0.377 e. The Kier molecular flexibility index (Phi) is 5.43. The van der Waals surface area contributed by atoms with Crippen molar-refractivity contribution in [1.29, 1.82) is 0 Å². The van der Waals surface area contributed by atoms with Gasteiger partial charge in [-0.3, -0.25) is 0 Å². The molecule has 1 unspecified atom stereocenters. The summed E-state index contributed by atoms with van der Waals surface area (Å²) in [5.74, 6) is 1.27. The van der Waals surface area contributed by atoms with Crippen molar-refractivity contribution < 1.29 is 17.9 Å². The van der Waals surface area contributed by atoms with Gasteiger partial charge >= 0.3 is 0 Å². The van der Waals surface area contributed by atoms with Gasteiger partial charge in [0, 0.05) is 31.4 Å². The number of fused-ring (bicyclic) bond motifs is 1. The molecule has 37 heavy (non-hydrogen) atoms. The summed E-state index contributed by atoms with van der Waals surface area (Å²) >= 11 is 0. The molecule has 3 aromatic rings. The Morgan fingerprint density at radius 1 is 1.11 bits per heavy atom. The lowest BCUT2D eigenvalue weighted by molar-refractivity contribution is -0.0385. The Balaban J connectivity index is 1.43. The second-order valence-electron chi connectivity index (χ2n) is 11.2. The number of nitrogens with zero attached hydrogens (tertiary/aromatic N) is 6. The number of rotatable bonds is 6. The molecule has 198 valence electrons. The van der Waals surface area contributed by atoms with E-state index in [1.165, 1.54) is 6.26 Å². The average molecular weight is 527 g/mol. The lowest BCUT2D eigenvalue weighted by Crippen LogP contribution is -2.44. The Morgan fingerprint density at radius 2 is 1.95 bits per heavy atom. The number of morpholine rings is 1. The van der Waals surface area contributed by atoms with Gasteiger partial charge in [0.15, 0.2) is 21.7 Å². The summed E-state index contributed by atoms with van der Waals surface area (Å²) in [6.45, 7) is 4.78. The summed E-state index contributed by atoms with van der Waals surface area (Å²) in [5, 5.41) is 9.75. The maximum atomic E-state index is 13.0. The predicted octanol–water partition coefficient (Wildman–Crippen LogP) is 3.43. The SMILES string of the molecule is C[C@@H]1COCCN1c1cc(C2(S(C)(=O)=O)CC2)n2ncc(-c3cc(C4CC4)nn3C3CCCCO3)c2n1. The third kappa shape index (κ3) is 3.88. The van der Waals surface area contributed by atoms with Crippen LogP contribution < -0.4 is 4.90 Å². The molecular weight excluding hydrogens is 492 g/mol. The van der Waals surface area contributed by atoms with E-state index in [1.807, 2.05) is 16.9 Å². The first-order chi connectivity index (χ1) is 17.9. The van der Waals surface area contributed by atoms with Crippen molar-refractivity contribution in [3.8, 4) is 11.3 Å². The van der Waals surface area contributed by atoms with Gasteiger partial charge in [0.05, 0.1) is 48.1 Å². The molecule has 0 N–H and O–H groups in total. The molecule has 2 atom stereocenters. The van der Waals surface area contributed by atoms with Gasteiger partial charge in [0.1, 0.15) is 10.6 Å². The number of hydrogen-bond donors (Lipinski definition) is 0. The van der Waals surface area contributed by atoms with Crippen molar-refractivity contribution in [2.24, 2.45) is 0 Å². The van der Waals surface area contributed by atoms with Crippen LogP contribution >= 0.6 is 0 Å². The van der Waals surface area contributed by atoms with Gasteiger partial charge in [-0.25, -0.2) is 22.6 Å². The van der Waals surface area contributed by atoms with E-state index in [1.54, 1.807) is 4.52 Å². The highest BCUT2D eigenvalue weighted by molar-refractivity contribution is 7.91. The highest BCUT2D eigenvalue weighted by Crippen LogP contribution is 2.53. The molecule has 2 aliphatic carbocycles. The van der Waals surface area contributed by atoms with Crippen LogP contribution in [0.4, 0.5) is 5.82 Å². The van der Waals surface area contributed by atoms with E-state index in [0.717, 1.165) is 61.5 Å². The number of ether oxygens (including phenoxy) is 2. The summed E-state index contributed by atoms with van der Waals surface area (Å²) in [6, 6.07) is 4.25. The van der Waals surface area contributed by atoms with Crippen molar-refractivity contribution >= 4 is 21.3 Å². The van der Waals surface area contributed by atoms with Crippen LogP contribution in [0.15, 0.2) is 18.3 Å². The molecule has 0 bridgehead atoms. The van der Waals surface area contributed by atoms with Gasteiger partial charge in [-0.15, -0.1) is 0 Å². The van der Waals surface area contributed by atoms with Crippen LogP contribution in [-0.2, 0) is 24.1 Å². The molecule has 3 aromatic heterocycles. The molecule has 2 aliphatic heterocycles. The van der Waals surface area contributed by atoms with E-state index in [9.17, 15) is 8.42 Å². The molecule has 5 heterocycles. The molecule has 0 radical (unpaired) electrons. The van der Waals surface area contributed by atoms with Crippen molar-refractivity contribution in [2.45, 2.75) is 74.8 Å². The Labute approximate surface area is 216 Å². The van der Waals surface area contributed by atoms with Gasteiger partial charge in [0.2, 0.25) is 0 Å². The smallest absolute Gasteiger partial charge is 0.167 e. The third-order valence-electron chi connectivity index (χ3n) is 8.46. The summed E-state index contributed by atoms with van der Waals surface area (Å²) in [6.07, 6.45) is 9.66. The number of aromatic nitrogens is 5. The van der Waals surface area contributed by atoms with E-state index in [0.29, 0.717) is 49.9 Å². The standard InChI is InChI=1S/C26H34N6O4S/c1-17-16-35-12-10-30(17)23-14-22(26(8-9-26)37(2,33)34)32-25(28-23)19(15-27-32)21-13-20(18-6-7-18)29-31(21)24-5-3-4-11-36-24/h13-15,17-18,24H,3-12,16H2,1-2H3/t17-,24?/m1/s1. The molecule has 11 heteroatoms. The molecule has 0 aromatic carbocycles. The number of hydrogen-bond acceptors (Lipinski definition) is 8. The zero-order chi connectivity index (χ0) is 25.4. The summed E-state index contributed by atoms with van der Waals surface area (Å²) in [7, 11) is -3.35. The van der Waals surface area contributed by atoms with Crippen molar-refractivity contribution in [3.63, 3.8) is 0 Å². The first kappa shape index (κ1) is 23.6. The van der Waals surface area contributed by atoms with Gasteiger partial charge < -0.3 is 14.4 Å². The lowest BCUT2D eigenvalue weighted by atomic mass is 10.1. The Hall–Kier alpha value is -2.50. The third-order valence-corrected chi connectivity index (χ3v) is 10.5. The molecule has 7 rings (SSSR count). The quantitative estimate of drug-likeness (QED) is 0.481. The molecule has 2 saturated carbocycles. The first-order valence-electron chi connectivity index (χ1n) is 13.5. The lowest BCUT2D eigenvalue weighted by Gasteiger charge is -2.34. The second-order valence-corrected chi connectivity index (χ2v) is 13.5. The first-order valence-corrected chi connectivity index (χ1v) is 15.4. The zero-order valence-electron chi connectivity index (χ0n) is 21.5. The van der Waals surface area contributed by atoms with Crippen LogP contribution in [0.25, 0.3) is 16.9 Å². The summed E-state index contributed by atoms with van der Waals surface area (Å²) in [5.41, 5.74) is 4.26. The van der Waals surface area contributed by atoms with Gasteiger partial charge in [0.25, 0.3) is 0 Å². The highest BCUT2D eigenvalue weighted by Gasteiger charge is 2.56. The van der Waals surface area contributed by atoms with E-state index in [-0.39, 0.29) is 12.3 Å². The van der Waals surface area contributed by atoms with Crippen LogP contribution in [0.3, 0.4) is 0 Å². The maximum Gasteiger partial charge on any atom is 0.167 e. The van der Waals surface area contributed by atoms with Gasteiger partial charge in [-0.2, -0.15) is 10.2 Å². The monoisotopic (exact) mass is 526 g/mol. The molecule has 0 amide bonds. The maximum absolute atomic E-state index is 13.0. The van der Waals surface area contributed by atoms with Gasteiger partial charge in [-0.05, 0) is 57.9 Å². The average Bonchev–Trinajstić information content (AvgIpc) is 3.81. The minimum Gasteiger partial charge on any atom is -0.377 e. The summed E-state index contributed by atoms with van der Waals surface area (Å²) < 4.78 is 40.7. The fraction of sp³-hybridized carbons (Fsp3) is 0.654. The van der Waals surface area contributed by atoms with Crippen LogP contribution in [0.2, 0.25) is 0 Å². The Bertz CT molecular complexity index is 1450. The normalized spacial score (nSPS) is 26.1. The molecular formula is C26H34N6O4S. The fourth-order valence-electron chi connectivity index (χ4n) is 5.93. The zero-order valence-corrected chi connectivity index (χ0v) is 22.3. The van der Waals surface area contributed by atoms with Crippen molar-refractivity contribution in [2.75, 3.05) is 37.5 Å². The van der Waals surface area contributed by atoms with E-state index in [4.69, 9.17) is 24.7 Å². The van der Waals surface area contributed by atoms with Crippen LogP contribution in [-0.4, -0.2) is 71.5 Å². The van der Waals surface area contributed by atoms with E-state index >= 15 is 0 Å². The highest BCUT2D eigenvalue weighted by atomic mass is 32.2. The molecule has 10 nitrogen and oxygen atoms in total. The van der Waals surface area contributed by atoms with Crippen LogP contribution in [0.1, 0.15) is 75.4 Å².